The van der Waals surface area contributed by atoms with Crippen molar-refractivity contribution in [3.8, 4) is 6.07 Å². The fourth-order valence-electron chi connectivity index (χ4n) is 0.714. The first-order chi connectivity index (χ1) is 7.19. The minimum atomic E-state index is -2.74. The van der Waals surface area contributed by atoms with Gasteiger partial charge in [0.2, 0.25) is 0 Å². The number of nitriles is 1. The molecule has 0 aliphatic carbocycles. The molecule has 90 valence electrons. The molecular weight excluding hydrogens is 222 g/mol. The summed E-state index contributed by atoms with van der Waals surface area (Å²) in [5.74, 6) is -5.02. The standard InChI is InChI=1S/C6H8O7.C2H3N/c7-3(8)1-6(13,5(11)12)2-4(9)10;1-2-3/h13H,1-2H2,(H,7,8)(H,9,10)(H,11,12);1H3. The fraction of sp³-hybridized carbons (Fsp3) is 0.500. The molecule has 0 heterocycles. The Kier molecular flexibility index (Phi) is 7.32. The topological polar surface area (TPSA) is 156 Å². The summed E-state index contributed by atoms with van der Waals surface area (Å²) in [7, 11) is 0. The molecule has 0 aliphatic rings. The van der Waals surface area contributed by atoms with E-state index in [-0.39, 0.29) is 0 Å². The molecule has 8 nitrogen and oxygen atoms in total. The Hall–Kier alpha value is -2.14. The summed E-state index contributed by atoms with van der Waals surface area (Å²) in [4.78, 5) is 30.5. The minimum Gasteiger partial charge on any atom is -0.481 e. The number of aliphatic carboxylic acids is 3. The van der Waals surface area contributed by atoms with Crippen LogP contribution in [-0.4, -0.2) is 43.9 Å². The number of rotatable bonds is 5. The lowest BCUT2D eigenvalue weighted by molar-refractivity contribution is -0.170. The molecule has 4 N–H and O–H groups in total. The van der Waals surface area contributed by atoms with Crippen LogP contribution < -0.4 is 0 Å². The number of carboxylic acid groups (broad SMARTS) is 3. The van der Waals surface area contributed by atoms with Crippen molar-refractivity contribution in [2.24, 2.45) is 0 Å². The molecule has 16 heavy (non-hydrogen) atoms. The average molecular weight is 233 g/mol. The lowest BCUT2D eigenvalue weighted by atomic mass is 9.96. The number of carboxylic acids is 3. The van der Waals surface area contributed by atoms with E-state index in [2.05, 4.69) is 0 Å². The maximum Gasteiger partial charge on any atom is 0.336 e. The number of hydrogen-bond donors (Lipinski definition) is 4. The summed E-state index contributed by atoms with van der Waals surface area (Å²) < 4.78 is 0. The van der Waals surface area contributed by atoms with Gasteiger partial charge in [-0.25, -0.2) is 4.79 Å². The van der Waals surface area contributed by atoms with Gasteiger partial charge in [-0.15, -0.1) is 0 Å². The largest absolute Gasteiger partial charge is 0.481 e. The molecule has 0 unspecified atom stereocenters. The van der Waals surface area contributed by atoms with Crippen molar-refractivity contribution in [1.29, 1.82) is 5.26 Å². The van der Waals surface area contributed by atoms with E-state index in [0.29, 0.717) is 0 Å². The second-order valence-corrected chi connectivity index (χ2v) is 2.70. The van der Waals surface area contributed by atoms with Gasteiger partial charge in [-0.2, -0.15) is 5.26 Å². The highest BCUT2D eigenvalue weighted by Crippen LogP contribution is 2.15. The van der Waals surface area contributed by atoms with Gasteiger partial charge in [0.15, 0.2) is 5.60 Å². The molecule has 0 rings (SSSR count). The van der Waals surface area contributed by atoms with Gasteiger partial charge < -0.3 is 20.4 Å². The second-order valence-electron chi connectivity index (χ2n) is 2.70. The van der Waals surface area contributed by atoms with Crippen molar-refractivity contribution in [2.75, 3.05) is 0 Å². The molecule has 8 heteroatoms. The molecule has 0 spiro atoms. The smallest absolute Gasteiger partial charge is 0.336 e. The SMILES string of the molecule is CC#N.O=C(O)CC(O)(CC(=O)O)C(=O)O. The van der Waals surface area contributed by atoms with Gasteiger partial charge in [-0.3, -0.25) is 9.59 Å². The van der Waals surface area contributed by atoms with Gasteiger partial charge in [0.25, 0.3) is 0 Å². The third-order valence-electron chi connectivity index (χ3n) is 1.29. The zero-order valence-electron chi connectivity index (χ0n) is 8.38. The van der Waals surface area contributed by atoms with Crippen LogP contribution >= 0.6 is 0 Å². The average Bonchev–Trinajstić information content (AvgIpc) is 2.01. The zero-order chi connectivity index (χ0) is 13.4. The van der Waals surface area contributed by atoms with E-state index in [1.807, 2.05) is 0 Å². The molecule has 0 bridgehead atoms. The molecule has 0 saturated carbocycles. The third kappa shape index (κ3) is 7.28. The normalized spacial score (nSPS) is 9.31. The monoisotopic (exact) mass is 233 g/mol. The highest BCUT2D eigenvalue weighted by Gasteiger charge is 2.40. The van der Waals surface area contributed by atoms with Crippen molar-refractivity contribution in [3.05, 3.63) is 0 Å². The zero-order valence-corrected chi connectivity index (χ0v) is 8.38. The van der Waals surface area contributed by atoms with Gasteiger partial charge in [0.05, 0.1) is 18.9 Å². The summed E-state index contributed by atoms with van der Waals surface area (Å²) >= 11 is 0. The summed E-state index contributed by atoms with van der Waals surface area (Å²) in [5, 5.41) is 41.1. The molecule has 0 aromatic rings. The van der Waals surface area contributed by atoms with Crippen molar-refractivity contribution in [3.63, 3.8) is 0 Å². The maximum atomic E-state index is 10.3. The van der Waals surface area contributed by atoms with E-state index in [4.69, 9.17) is 25.7 Å². The van der Waals surface area contributed by atoms with Crippen LogP contribution in [0.15, 0.2) is 0 Å². The van der Waals surface area contributed by atoms with Crippen LogP contribution in [0.3, 0.4) is 0 Å². The van der Waals surface area contributed by atoms with Crippen LogP contribution in [0.5, 0.6) is 0 Å². The Bertz CT molecular complexity index is 301. The molecule has 0 saturated heterocycles. The highest BCUT2D eigenvalue weighted by atomic mass is 16.4. The summed E-state index contributed by atoms with van der Waals surface area (Å²) in [5.41, 5.74) is -2.74. The van der Waals surface area contributed by atoms with Crippen LogP contribution in [0.1, 0.15) is 19.8 Å². The number of aliphatic hydroxyl groups is 1. The van der Waals surface area contributed by atoms with Gasteiger partial charge in [-0.1, -0.05) is 0 Å². The van der Waals surface area contributed by atoms with E-state index in [9.17, 15) is 14.4 Å². The number of hydrogen-bond acceptors (Lipinski definition) is 5. The molecular formula is C8H11NO7. The van der Waals surface area contributed by atoms with Crippen molar-refractivity contribution < 1.29 is 34.8 Å². The van der Waals surface area contributed by atoms with Crippen molar-refractivity contribution in [1.82, 2.24) is 0 Å². The number of nitrogens with zero attached hydrogens (tertiary/aromatic N) is 1. The van der Waals surface area contributed by atoms with Crippen LogP contribution in [-0.2, 0) is 14.4 Å². The van der Waals surface area contributed by atoms with E-state index in [1.165, 1.54) is 6.92 Å². The van der Waals surface area contributed by atoms with E-state index in [1.54, 1.807) is 6.07 Å². The van der Waals surface area contributed by atoms with Crippen molar-refractivity contribution >= 4 is 17.9 Å². The Morgan fingerprint density at radius 1 is 1.12 bits per heavy atom. The lowest BCUT2D eigenvalue weighted by Gasteiger charge is -2.18. The molecule has 0 amide bonds. The third-order valence-corrected chi connectivity index (χ3v) is 1.29. The lowest BCUT2D eigenvalue weighted by Crippen LogP contribution is -2.42. The van der Waals surface area contributed by atoms with Crippen LogP contribution in [0.2, 0.25) is 0 Å². The van der Waals surface area contributed by atoms with Gasteiger partial charge in [0, 0.05) is 6.92 Å². The Labute approximate surface area is 90.4 Å². The predicted molar refractivity (Wildman–Crippen MR) is 48.4 cm³/mol. The second kappa shape index (κ2) is 7.19. The fourth-order valence-corrected chi connectivity index (χ4v) is 0.714. The molecule has 0 aromatic heterocycles. The van der Waals surface area contributed by atoms with E-state index < -0.39 is 36.4 Å². The van der Waals surface area contributed by atoms with Gasteiger partial charge >= 0.3 is 17.9 Å². The summed E-state index contributed by atoms with van der Waals surface area (Å²) in [6, 6.07) is 1.75. The van der Waals surface area contributed by atoms with E-state index in [0.717, 1.165) is 0 Å². The Balaban J connectivity index is 0. The first-order valence-corrected chi connectivity index (χ1v) is 3.89. The first-order valence-electron chi connectivity index (χ1n) is 3.89. The molecule has 0 aliphatic heterocycles. The van der Waals surface area contributed by atoms with Gasteiger partial charge in [0.1, 0.15) is 0 Å². The van der Waals surface area contributed by atoms with Gasteiger partial charge in [-0.05, 0) is 0 Å². The minimum absolute atomic E-state index is 1.14. The van der Waals surface area contributed by atoms with Crippen molar-refractivity contribution in [2.45, 2.75) is 25.4 Å². The van der Waals surface area contributed by atoms with E-state index >= 15 is 0 Å². The molecule has 0 aromatic carbocycles. The summed E-state index contributed by atoms with van der Waals surface area (Å²) in [6.07, 6.45) is -2.29. The molecule has 0 fully saturated rings. The van der Waals surface area contributed by atoms with Crippen LogP contribution in [0.4, 0.5) is 0 Å². The molecule has 0 atom stereocenters. The van der Waals surface area contributed by atoms with Crippen LogP contribution in [0.25, 0.3) is 0 Å². The number of carbonyl (C=O) groups is 3. The molecule has 0 radical (unpaired) electrons. The Morgan fingerprint density at radius 2 is 1.38 bits per heavy atom. The maximum absolute atomic E-state index is 10.3. The predicted octanol–water partition coefficient (Wildman–Crippen LogP) is -0.719. The summed E-state index contributed by atoms with van der Waals surface area (Å²) in [6.45, 7) is 1.43. The Morgan fingerprint density at radius 3 is 1.50 bits per heavy atom. The quantitative estimate of drug-likeness (QED) is 0.484. The van der Waals surface area contributed by atoms with Crippen LogP contribution in [0, 0.1) is 11.3 Å². The first kappa shape index (κ1) is 16.3. The highest BCUT2D eigenvalue weighted by molar-refractivity contribution is 5.88.